The van der Waals surface area contributed by atoms with Gasteiger partial charge in [0.05, 0.1) is 5.60 Å². The fourth-order valence-corrected chi connectivity index (χ4v) is 3.26. The first-order chi connectivity index (χ1) is 8.46. The number of fused-ring (bicyclic) bond motifs is 1. The largest absolute Gasteiger partial charge is 0.508 e. The molecule has 0 aliphatic heterocycles. The molecule has 0 bridgehead atoms. The van der Waals surface area contributed by atoms with Crippen LogP contribution in [-0.4, -0.2) is 21.6 Å². The highest BCUT2D eigenvalue weighted by Crippen LogP contribution is 2.50. The second kappa shape index (κ2) is 3.69. The van der Waals surface area contributed by atoms with Gasteiger partial charge in [0.1, 0.15) is 5.75 Å². The van der Waals surface area contributed by atoms with Crippen molar-refractivity contribution in [2.45, 2.75) is 25.4 Å². The first-order valence-corrected chi connectivity index (χ1v) is 6.23. The van der Waals surface area contributed by atoms with Gasteiger partial charge in [0, 0.05) is 5.92 Å². The maximum atomic E-state index is 12.0. The summed E-state index contributed by atoms with van der Waals surface area (Å²) in [5.41, 5.74) is 1.23. The molecule has 94 valence electrons. The molecule has 0 heterocycles. The number of carbonyl (C=O) groups is 1. The predicted molar refractivity (Wildman–Crippen MR) is 67.9 cm³/mol. The number of benzene rings is 1. The van der Waals surface area contributed by atoms with Gasteiger partial charge in [-0.25, -0.2) is 0 Å². The van der Waals surface area contributed by atoms with Crippen LogP contribution in [0.4, 0.5) is 0 Å². The van der Waals surface area contributed by atoms with E-state index in [4.69, 9.17) is 0 Å². The van der Waals surface area contributed by atoms with Crippen molar-refractivity contribution in [1.29, 1.82) is 0 Å². The van der Waals surface area contributed by atoms with Crippen LogP contribution in [0.3, 0.4) is 0 Å². The van der Waals surface area contributed by atoms with E-state index >= 15 is 0 Å². The Morgan fingerprint density at radius 2 is 1.78 bits per heavy atom. The molecule has 18 heavy (non-hydrogen) atoms. The first-order valence-electron chi connectivity index (χ1n) is 6.23. The van der Waals surface area contributed by atoms with Crippen LogP contribution in [0.5, 0.6) is 5.75 Å². The minimum absolute atomic E-state index is 0.0659. The van der Waals surface area contributed by atoms with E-state index in [9.17, 15) is 15.0 Å². The Morgan fingerprint density at radius 1 is 1.17 bits per heavy atom. The summed E-state index contributed by atoms with van der Waals surface area (Å²) >= 11 is 0. The highest BCUT2D eigenvalue weighted by atomic mass is 16.3. The fraction of sp³-hybridized carbons (Fsp3) is 0.400. The number of hydrogen-bond acceptors (Lipinski definition) is 3. The summed E-state index contributed by atoms with van der Waals surface area (Å²) in [6.07, 6.45) is 2.89. The molecule has 2 aliphatic carbocycles. The summed E-state index contributed by atoms with van der Waals surface area (Å²) in [5.74, 6) is 0.403. The van der Waals surface area contributed by atoms with Crippen molar-refractivity contribution in [3.8, 4) is 5.75 Å². The highest BCUT2D eigenvalue weighted by molar-refractivity contribution is 6.04. The van der Waals surface area contributed by atoms with Gasteiger partial charge in [-0.15, -0.1) is 0 Å². The second-order valence-electron chi connectivity index (χ2n) is 5.67. The lowest BCUT2D eigenvalue weighted by molar-refractivity contribution is -0.118. The Hall–Kier alpha value is -1.61. The molecule has 2 aliphatic rings. The molecule has 3 rings (SSSR count). The van der Waals surface area contributed by atoms with E-state index in [0.29, 0.717) is 12.8 Å². The standard InChI is InChI=1S/C15H16O3/c1-15(18)7-12-11(6-14(17)13(12)8-15)9-2-4-10(16)5-3-9/h2-6,12-13,16,18H,7-8H2,1H3/t12?,13-,15?/m1/s1. The van der Waals surface area contributed by atoms with Crippen molar-refractivity contribution >= 4 is 11.4 Å². The average molecular weight is 244 g/mol. The molecule has 2 unspecified atom stereocenters. The Kier molecular flexibility index (Phi) is 2.35. The zero-order valence-electron chi connectivity index (χ0n) is 10.3. The number of ketones is 1. The SMILES string of the molecule is CC1(O)CC2C(c3ccc(O)cc3)=CC(=O)[C@@H]2C1. The van der Waals surface area contributed by atoms with E-state index in [1.54, 1.807) is 25.1 Å². The third-order valence-corrected chi connectivity index (χ3v) is 4.07. The Balaban J connectivity index is 1.96. The van der Waals surface area contributed by atoms with Gasteiger partial charge >= 0.3 is 0 Å². The van der Waals surface area contributed by atoms with Crippen LogP contribution in [0.1, 0.15) is 25.3 Å². The molecule has 3 atom stereocenters. The van der Waals surface area contributed by atoms with Gasteiger partial charge in [-0.3, -0.25) is 4.79 Å². The summed E-state index contributed by atoms with van der Waals surface area (Å²) in [6.45, 7) is 1.80. The van der Waals surface area contributed by atoms with Crippen LogP contribution in [0.25, 0.3) is 5.57 Å². The van der Waals surface area contributed by atoms with E-state index < -0.39 is 5.60 Å². The molecule has 1 aromatic rings. The molecule has 0 spiro atoms. The van der Waals surface area contributed by atoms with Crippen molar-refractivity contribution in [3.05, 3.63) is 35.9 Å². The zero-order valence-corrected chi connectivity index (χ0v) is 10.3. The van der Waals surface area contributed by atoms with Gasteiger partial charge in [0.2, 0.25) is 0 Å². The number of allylic oxidation sites excluding steroid dienone is 2. The summed E-state index contributed by atoms with van der Waals surface area (Å²) in [6, 6.07) is 6.90. The zero-order chi connectivity index (χ0) is 12.9. The van der Waals surface area contributed by atoms with E-state index in [-0.39, 0.29) is 23.4 Å². The van der Waals surface area contributed by atoms with Gasteiger partial charge < -0.3 is 10.2 Å². The van der Waals surface area contributed by atoms with Gasteiger partial charge in [-0.05, 0) is 55.0 Å². The van der Waals surface area contributed by atoms with Crippen molar-refractivity contribution in [3.63, 3.8) is 0 Å². The third kappa shape index (κ3) is 1.75. The first kappa shape index (κ1) is 11.5. The molecule has 0 saturated heterocycles. The number of aliphatic hydroxyl groups is 1. The summed E-state index contributed by atoms with van der Waals surface area (Å²) in [5, 5.41) is 19.4. The number of hydrogen-bond donors (Lipinski definition) is 2. The molecular formula is C15H16O3. The summed E-state index contributed by atoms with van der Waals surface area (Å²) in [7, 11) is 0. The van der Waals surface area contributed by atoms with E-state index in [0.717, 1.165) is 11.1 Å². The van der Waals surface area contributed by atoms with Crippen molar-refractivity contribution in [1.82, 2.24) is 0 Å². The monoisotopic (exact) mass is 244 g/mol. The smallest absolute Gasteiger partial charge is 0.159 e. The van der Waals surface area contributed by atoms with E-state index in [1.807, 2.05) is 12.1 Å². The van der Waals surface area contributed by atoms with Crippen LogP contribution in [-0.2, 0) is 4.79 Å². The number of phenolic OH excluding ortho intramolecular Hbond substituents is 1. The van der Waals surface area contributed by atoms with Crippen molar-refractivity contribution < 1.29 is 15.0 Å². The molecule has 1 fully saturated rings. The van der Waals surface area contributed by atoms with Crippen LogP contribution >= 0.6 is 0 Å². The van der Waals surface area contributed by atoms with Gasteiger partial charge in [-0.1, -0.05) is 12.1 Å². The Morgan fingerprint density at radius 3 is 2.44 bits per heavy atom. The third-order valence-electron chi connectivity index (χ3n) is 4.07. The molecule has 0 aromatic heterocycles. The fourth-order valence-electron chi connectivity index (χ4n) is 3.26. The lowest BCUT2D eigenvalue weighted by atomic mass is 9.90. The second-order valence-corrected chi connectivity index (χ2v) is 5.67. The summed E-state index contributed by atoms with van der Waals surface area (Å²) < 4.78 is 0. The topological polar surface area (TPSA) is 57.5 Å². The molecule has 2 N–H and O–H groups in total. The molecule has 1 aromatic carbocycles. The van der Waals surface area contributed by atoms with Crippen LogP contribution in [0.15, 0.2) is 30.3 Å². The molecule has 0 radical (unpaired) electrons. The Labute approximate surface area is 106 Å². The normalized spacial score (nSPS) is 34.6. The minimum atomic E-state index is -0.735. The van der Waals surface area contributed by atoms with Crippen LogP contribution in [0.2, 0.25) is 0 Å². The van der Waals surface area contributed by atoms with Crippen molar-refractivity contribution in [2.75, 3.05) is 0 Å². The number of phenols is 1. The number of aromatic hydroxyl groups is 1. The van der Waals surface area contributed by atoms with E-state index in [1.165, 1.54) is 0 Å². The highest BCUT2D eigenvalue weighted by Gasteiger charge is 2.48. The van der Waals surface area contributed by atoms with Crippen molar-refractivity contribution in [2.24, 2.45) is 11.8 Å². The minimum Gasteiger partial charge on any atom is -0.508 e. The van der Waals surface area contributed by atoms with Gasteiger partial charge in [-0.2, -0.15) is 0 Å². The van der Waals surface area contributed by atoms with E-state index in [2.05, 4.69) is 0 Å². The molecular weight excluding hydrogens is 228 g/mol. The lowest BCUT2D eigenvalue weighted by Crippen LogP contribution is -2.20. The predicted octanol–water partition coefficient (Wildman–Crippen LogP) is 2.14. The molecule has 1 saturated carbocycles. The molecule has 3 nitrogen and oxygen atoms in total. The Bertz CT molecular complexity index is 525. The number of carbonyl (C=O) groups excluding carboxylic acids is 1. The number of rotatable bonds is 1. The maximum Gasteiger partial charge on any atom is 0.159 e. The van der Waals surface area contributed by atoms with Crippen LogP contribution < -0.4 is 0 Å². The maximum absolute atomic E-state index is 12.0. The summed E-state index contributed by atoms with van der Waals surface area (Å²) in [4.78, 5) is 12.0. The quantitative estimate of drug-likeness (QED) is 0.795. The van der Waals surface area contributed by atoms with Gasteiger partial charge in [0.25, 0.3) is 0 Å². The molecule has 0 amide bonds. The molecule has 3 heteroatoms. The van der Waals surface area contributed by atoms with Crippen LogP contribution in [0, 0.1) is 11.8 Å². The average Bonchev–Trinajstić information content (AvgIpc) is 2.76. The lowest BCUT2D eigenvalue weighted by Gasteiger charge is -2.17. The van der Waals surface area contributed by atoms with Gasteiger partial charge in [0.15, 0.2) is 5.78 Å².